The number of amides is 2. The van der Waals surface area contributed by atoms with Gasteiger partial charge in [0.25, 0.3) is 0 Å². The summed E-state index contributed by atoms with van der Waals surface area (Å²) in [5, 5.41) is 2.83. The van der Waals surface area contributed by atoms with E-state index in [0.29, 0.717) is 13.1 Å². The number of hydrogen-bond donors (Lipinski definition) is 1. The van der Waals surface area contributed by atoms with Crippen molar-refractivity contribution >= 4 is 17.5 Å². The van der Waals surface area contributed by atoms with Gasteiger partial charge in [0.05, 0.1) is 13.0 Å². The number of benzene rings is 3. The van der Waals surface area contributed by atoms with Gasteiger partial charge in [-0.3, -0.25) is 9.59 Å². The number of anilines is 1. The van der Waals surface area contributed by atoms with Crippen molar-refractivity contribution in [2.75, 3.05) is 4.90 Å². The third kappa shape index (κ3) is 5.78. The quantitative estimate of drug-likeness (QED) is 0.555. The Kier molecular flexibility index (Phi) is 6.59. The predicted molar refractivity (Wildman–Crippen MR) is 119 cm³/mol. The van der Waals surface area contributed by atoms with E-state index in [1.54, 1.807) is 29.2 Å². The van der Waals surface area contributed by atoms with Crippen molar-refractivity contribution in [3.05, 3.63) is 101 Å². The number of carbonyl (C=O) groups is 2. The van der Waals surface area contributed by atoms with E-state index in [0.717, 1.165) is 35.2 Å². The smallest absolute Gasteiger partial charge is 0.230 e. The number of halogens is 2. The Bertz CT molecular complexity index is 1090. The molecule has 0 saturated heterocycles. The zero-order valence-electron chi connectivity index (χ0n) is 17.6. The maximum atomic E-state index is 13.3. The Balaban J connectivity index is 1.44. The minimum atomic E-state index is -0.317. The summed E-state index contributed by atoms with van der Waals surface area (Å²) in [5.41, 5.74) is 3.15. The normalized spacial score (nSPS) is 12.9. The van der Waals surface area contributed by atoms with E-state index in [4.69, 9.17) is 0 Å². The van der Waals surface area contributed by atoms with Gasteiger partial charge in [0.2, 0.25) is 11.8 Å². The van der Waals surface area contributed by atoms with E-state index >= 15 is 0 Å². The second kappa shape index (κ2) is 9.73. The molecule has 4 rings (SSSR count). The van der Waals surface area contributed by atoms with Gasteiger partial charge >= 0.3 is 0 Å². The molecule has 1 fully saturated rings. The van der Waals surface area contributed by atoms with Gasteiger partial charge in [-0.2, -0.15) is 0 Å². The number of nitrogens with one attached hydrogen (secondary N) is 1. The molecule has 164 valence electrons. The zero-order chi connectivity index (χ0) is 22.5. The summed E-state index contributed by atoms with van der Waals surface area (Å²) in [5.74, 6) is -0.722. The first kappa shape index (κ1) is 21.7. The number of carbonyl (C=O) groups excluding carboxylic acids is 2. The van der Waals surface area contributed by atoms with Crippen molar-refractivity contribution in [2.24, 2.45) is 5.92 Å². The molecular weight excluding hydrogens is 410 g/mol. The molecule has 0 heterocycles. The van der Waals surface area contributed by atoms with Crippen molar-refractivity contribution < 1.29 is 18.4 Å². The molecule has 0 spiro atoms. The first-order valence-corrected chi connectivity index (χ1v) is 10.6. The SMILES string of the molecule is O=C(Cc1cccc(N(Cc2ccc(F)cc2)C(=O)C2CC2)c1)NCc1ccc(F)cc1. The minimum absolute atomic E-state index is 0.0260. The Morgan fingerprint density at radius 3 is 2.09 bits per heavy atom. The van der Waals surface area contributed by atoms with Gasteiger partial charge in [0, 0.05) is 18.2 Å². The van der Waals surface area contributed by atoms with Crippen molar-refractivity contribution in [3.63, 3.8) is 0 Å². The van der Waals surface area contributed by atoms with Crippen LogP contribution in [0.2, 0.25) is 0 Å². The number of hydrogen-bond acceptors (Lipinski definition) is 2. The first-order valence-electron chi connectivity index (χ1n) is 10.6. The van der Waals surface area contributed by atoms with Crippen LogP contribution >= 0.6 is 0 Å². The largest absolute Gasteiger partial charge is 0.352 e. The van der Waals surface area contributed by atoms with Crippen LogP contribution in [0, 0.1) is 17.6 Å². The van der Waals surface area contributed by atoms with E-state index < -0.39 is 0 Å². The maximum absolute atomic E-state index is 13.3. The predicted octanol–water partition coefficient (Wildman–Crippen LogP) is 4.77. The van der Waals surface area contributed by atoms with Crippen molar-refractivity contribution in [1.29, 1.82) is 0 Å². The van der Waals surface area contributed by atoms with Gasteiger partial charge in [-0.05, 0) is 65.9 Å². The molecule has 0 radical (unpaired) electrons. The standard InChI is InChI=1S/C26H24F2N2O2/c27-22-10-4-18(5-11-22)16-29-25(31)15-20-2-1-3-24(14-20)30(26(32)21-8-9-21)17-19-6-12-23(28)13-7-19/h1-7,10-14,21H,8-9,15-17H2,(H,29,31). The molecule has 4 nitrogen and oxygen atoms in total. The van der Waals surface area contributed by atoms with E-state index in [9.17, 15) is 18.4 Å². The first-order chi connectivity index (χ1) is 15.5. The lowest BCUT2D eigenvalue weighted by Crippen LogP contribution is -2.32. The van der Waals surface area contributed by atoms with E-state index in [-0.39, 0.29) is 35.8 Å². The van der Waals surface area contributed by atoms with Crippen molar-refractivity contribution in [3.8, 4) is 0 Å². The van der Waals surface area contributed by atoms with Crippen LogP contribution in [0.5, 0.6) is 0 Å². The lowest BCUT2D eigenvalue weighted by atomic mass is 10.1. The van der Waals surface area contributed by atoms with Crippen LogP contribution in [0.4, 0.5) is 14.5 Å². The summed E-state index contributed by atoms with van der Waals surface area (Å²) < 4.78 is 26.3. The Morgan fingerprint density at radius 1 is 0.844 bits per heavy atom. The molecule has 32 heavy (non-hydrogen) atoms. The summed E-state index contributed by atoms with van der Waals surface area (Å²) in [7, 11) is 0. The lowest BCUT2D eigenvalue weighted by molar-refractivity contribution is -0.121. The van der Waals surface area contributed by atoms with Gasteiger partial charge in [0.15, 0.2) is 0 Å². The molecule has 3 aromatic carbocycles. The van der Waals surface area contributed by atoms with Crippen LogP contribution in [0.25, 0.3) is 0 Å². The van der Waals surface area contributed by atoms with Gasteiger partial charge in [-0.15, -0.1) is 0 Å². The fraction of sp³-hybridized carbons (Fsp3) is 0.231. The molecule has 6 heteroatoms. The highest BCUT2D eigenvalue weighted by atomic mass is 19.1. The molecule has 1 N–H and O–H groups in total. The lowest BCUT2D eigenvalue weighted by Gasteiger charge is -2.24. The van der Waals surface area contributed by atoms with Crippen LogP contribution in [-0.4, -0.2) is 11.8 Å². The molecule has 3 aromatic rings. The summed E-state index contributed by atoms with van der Waals surface area (Å²) >= 11 is 0. The average Bonchev–Trinajstić information content (AvgIpc) is 3.64. The molecule has 0 unspecified atom stereocenters. The van der Waals surface area contributed by atoms with E-state index in [1.165, 1.54) is 24.3 Å². The van der Waals surface area contributed by atoms with E-state index in [1.807, 2.05) is 24.3 Å². The maximum Gasteiger partial charge on any atom is 0.230 e. The summed E-state index contributed by atoms with van der Waals surface area (Å²) in [4.78, 5) is 27.1. The highest BCUT2D eigenvalue weighted by molar-refractivity contribution is 5.96. The van der Waals surface area contributed by atoms with Gasteiger partial charge in [0.1, 0.15) is 11.6 Å². The third-order valence-electron chi connectivity index (χ3n) is 5.44. The monoisotopic (exact) mass is 434 g/mol. The molecule has 2 amide bonds. The van der Waals surface area contributed by atoms with Gasteiger partial charge < -0.3 is 10.2 Å². The molecule has 0 atom stereocenters. The second-order valence-electron chi connectivity index (χ2n) is 8.07. The molecule has 1 saturated carbocycles. The van der Waals surface area contributed by atoms with Crippen LogP contribution in [0.15, 0.2) is 72.8 Å². The molecular formula is C26H24F2N2O2. The van der Waals surface area contributed by atoms with Crippen LogP contribution in [0.1, 0.15) is 29.5 Å². The molecule has 1 aliphatic rings. The van der Waals surface area contributed by atoms with Crippen molar-refractivity contribution in [1.82, 2.24) is 5.32 Å². The fourth-order valence-electron chi connectivity index (χ4n) is 3.50. The highest BCUT2D eigenvalue weighted by Crippen LogP contribution is 2.33. The molecule has 0 bridgehead atoms. The number of nitrogens with zero attached hydrogens (tertiary/aromatic N) is 1. The third-order valence-corrected chi connectivity index (χ3v) is 5.44. The molecule has 0 aliphatic heterocycles. The Labute approximate surface area is 185 Å². The summed E-state index contributed by atoms with van der Waals surface area (Å²) in [6.07, 6.45) is 1.92. The number of rotatable bonds is 8. The zero-order valence-corrected chi connectivity index (χ0v) is 17.6. The second-order valence-corrected chi connectivity index (χ2v) is 8.07. The molecule has 1 aliphatic carbocycles. The Hall–Kier alpha value is -3.54. The summed E-state index contributed by atoms with van der Waals surface area (Å²) in [6.45, 7) is 0.658. The van der Waals surface area contributed by atoms with E-state index in [2.05, 4.69) is 5.32 Å². The van der Waals surface area contributed by atoms with Crippen LogP contribution in [0.3, 0.4) is 0 Å². The average molecular weight is 434 g/mol. The molecule has 0 aromatic heterocycles. The minimum Gasteiger partial charge on any atom is -0.352 e. The summed E-state index contributed by atoms with van der Waals surface area (Å²) in [6, 6.07) is 19.5. The topological polar surface area (TPSA) is 49.4 Å². The Morgan fingerprint density at radius 2 is 1.47 bits per heavy atom. The highest BCUT2D eigenvalue weighted by Gasteiger charge is 2.34. The fourth-order valence-corrected chi connectivity index (χ4v) is 3.50. The van der Waals surface area contributed by atoms with Gasteiger partial charge in [-0.1, -0.05) is 36.4 Å². The van der Waals surface area contributed by atoms with Crippen LogP contribution in [-0.2, 0) is 29.1 Å². The van der Waals surface area contributed by atoms with Crippen LogP contribution < -0.4 is 10.2 Å². The van der Waals surface area contributed by atoms with Crippen molar-refractivity contribution in [2.45, 2.75) is 32.4 Å². The van der Waals surface area contributed by atoms with Gasteiger partial charge in [-0.25, -0.2) is 8.78 Å².